The van der Waals surface area contributed by atoms with Crippen LogP contribution >= 0.6 is 0 Å². The predicted octanol–water partition coefficient (Wildman–Crippen LogP) is 2.68. The zero-order valence-corrected chi connectivity index (χ0v) is 17.8. The molecule has 0 spiro atoms. The molecule has 1 aliphatic carbocycles. The molecule has 2 aromatic rings. The number of allylic oxidation sites excluding steroid dienone is 2. The second-order valence-electron chi connectivity index (χ2n) is 8.24. The van der Waals surface area contributed by atoms with Gasteiger partial charge in [0.05, 0.1) is 33.8 Å². The van der Waals surface area contributed by atoms with Crippen molar-refractivity contribution in [1.82, 2.24) is 5.32 Å². The number of non-ortho nitro benzene ring substituents is 1. The van der Waals surface area contributed by atoms with Gasteiger partial charge in [-0.3, -0.25) is 10.1 Å². The molecule has 3 atom stereocenters. The van der Waals surface area contributed by atoms with Crippen LogP contribution in [0.5, 0.6) is 0 Å². The summed E-state index contributed by atoms with van der Waals surface area (Å²) in [6.07, 6.45) is 3.29. The van der Waals surface area contributed by atoms with E-state index in [0.29, 0.717) is 5.56 Å². The normalized spacial score (nSPS) is 24.1. The first kappa shape index (κ1) is 21.9. The summed E-state index contributed by atoms with van der Waals surface area (Å²) in [5.74, 6) is 0.895. The van der Waals surface area contributed by atoms with Crippen LogP contribution in [-0.4, -0.2) is 21.6 Å². The minimum Gasteiger partial charge on any atom is -0.762 e. The molecule has 1 aliphatic heterocycles. The number of aromatic nitrogens is 1. The Balaban J connectivity index is 2.04. The van der Waals surface area contributed by atoms with Gasteiger partial charge in [-0.2, -0.15) is 15.1 Å². The summed E-state index contributed by atoms with van der Waals surface area (Å²) in [6.45, 7) is 1.88. The first-order valence-corrected chi connectivity index (χ1v) is 10.4. The molecule has 1 aromatic carbocycles. The van der Waals surface area contributed by atoms with Crippen LogP contribution in [0.1, 0.15) is 36.1 Å². The number of hydrogen-bond acceptors (Lipinski definition) is 6. The SMILES string of the molecule is Cc1cccc[n+]1[C@@H]1[C@H](c2ccc([N+](=O)[O-])cc2)C(C#N)=C(C(=C=[N-])C#N)N[C@]1(O)C1CC1. The van der Waals surface area contributed by atoms with E-state index in [1.165, 1.54) is 12.1 Å². The number of nitrogens with zero attached hydrogens (tertiary/aromatic N) is 5. The molecule has 4 rings (SSSR count). The third kappa shape index (κ3) is 3.66. The summed E-state index contributed by atoms with van der Waals surface area (Å²) < 4.78 is 1.88. The summed E-state index contributed by atoms with van der Waals surface area (Å²) in [4.78, 5) is 10.7. The lowest BCUT2D eigenvalue weighted by atomic mass is 9.73. The highest BCUT2D eigenvalue weighted by atomic mass is 16.6. The average molecular weight is 440 g/mol. The quantitative estimate of drug-likeness (QED) is 0.240. The molecular weight excluding hydrogens is 420 g/mol. The Bertz CT molecular complexity index is 1290. The van der Waals surface area contributed by atoms with E-state index in [-0.39, 0.29) is 28.4 Å². The summed E-state index contributed by atoms with van der Waals surface area (Å²) in [6, 6.07) is 14.6. The summed E-state index contributed by atoms with van der Waals surface area (Å²) in [5.41, 5.74) is -0.441. The molecule has 1 fully saturated rings. The lowest BCUT2D eigenvalue weighted by Crippen LogP contribution is -2.66. The average Bonchev–Trinajstić information content (AvgIpc) is 3.66. The fourth-order valence-corrected chi connectivity index (χ4v) is 4.61. The first-order chi connectivity index (χ1) is 15.8. The molecule has 0 bridgehead atoms. The number of nitro groups is 1. The minimum atomic E-state index is -1.56. The van der Waals surface area contributed by atoms with Crippen LogP contribution in [0, 0.1) is 45.6 Å². The zero-order chi connectivity index (χ0) is 23.8. The molecule has 2 aliphatic rings. The maximum absolute atomic E-state index is 12.0. The third-order valence-electron chi connectivity index (χ3n) is 6.33. The number of hydrogen-bond donors (Lipinski definition) is 2. The van der Waals surface area contributed by atoms with Gasteiger partial charge in [0.15, 0.2) is 11.9 Å². The molecular formula is C24H20N6O3. The van der Waals surface area contributed by atoms with Crippen LogP contribution in [-0.2, 0) is 0 Å². The van der Waals surface area contributed by atoms with Crippen molar-refractivity contribution < 1.29 is 14.6 Å². The van der Waals surface area contributed by atoms with Crippen LogP contribution in [0.2, 0.25) is 0 Å². The number of aliphatic hydroxyl groups is 1. The maximum Gasteiger partial charge on any atom is 0.269 e. The highest BCUT2D eigenvalue weighted by Gasteiger charge is 2.61. The van der Waals surface area contributed by atoms with Crippen molar-refractivity contribution in [3.05, 3.63) is 92.3 Å². The van der Waals surface area contributed by atoms with E-state index < -0.39 is 22.6 Å². The van der Waals surface area contributed by atoms with Crippen LogP contribution in [0.25, 0.3) is 5.41 Å². The van der Waals surface area contributed by atoms with E-state index in [1.54, 1.807) is 12.1 Å². The van der Waals surface area contributed by atoms with Crippen LogP contribution < -0.4 is 9.88 Å². The van der Waals surface area contributed by atoms with Crippen LogP contribution in [0.15, 0.2) is 65.5 Å². The van der Waals surface area contributed by atoms with Crippen molar-refractivity contribution in [1.29, 1.82) is 10.5 Å². The first-order valence-electron chi connectivity index (χ1n) is 10.4. The second-order valence-corrected chi connectivity index (χ2v) is 8.24. The molecule has 0 radical (unpaired) electrons. The molecule has 9 heteroatoms. The van der Waals surface area contributed by atoms with E-state index in [1.807, 2.05) is 47.8 Å². The topological polar surface area (TPSA) is 149 Å². The molecule has 33 heavy (non-hydrogen) atoms. The van der Waals surface area contributed by atoms with E-state index in [4.69, 9.17) is 0 Å². The van der Waals surface area contributed by atoms with Crippen LogP contribution in [0.4, 0.5) is 5.69 Å². The molecule has 1 saturated carbocycles. The van der Waals surface area contributed by atoms with Gasteiger partial charge in [-0.1, -0.05) is 18.2 Å². The Morgan fingerprint density at radius 3 is 2.48 bits per heavy atom. The van der Waals surface area contributed by atoms with E-state index in [9.17, 15) is 31.2 Å². The Labute approximate surface area is 190 Å². The zero-order valence-electron chi connectivity index (χ0n) is 17.8. The van der Waals surface area contributed by atoms with Crippen molar-refractivity contribution in [2.75, 3.05) is 0 Å². The van der Waals surface area contributed by atoms with Gasteiger partial charge >= 0.3 is 0 Å². The number of nitrogens with one attached hydrogen (secondary N) is 1. The number of nitriles is 2. The standard InChI is InChI=1S/C24H20N6O3/c1-15-4-2-3-11-29(15)23-21(16-5-9-19(10-6-16)30(32)33)20(14-27)22(17(12-25)13-26)28-24(23,31)18-7-8-18/h2-6,9-11,18,21,23,28,31H,7-8H2,1H3/t21-,23-,24+/m1/s1. The van der Waals surface area contributed by atoms with Crippen molar-refractivity contribution in [3.8, 4) is 12.1 Å². The largest absolute Gasteiger partial charge is 0.762 e. The molecule has 0 unspecified atom stereocenters. The van der Waals surface area contributed by atoms with Crippen LogP contribution in [0.3, 0.4) is 0 Å². The molecule has 2 N–H and O–H groups in total. The Morgan fingerprint density at radius 2 is 1.97 bits per heavy atom. The Hall–Kier alpha value is -4.30. The summed E-state index contributed by atoms with van der Waals surface area (Å²) in [7, 11) is 0. The predicted molar refractivity (Wildman–Crippen MR) is 117 cm³/mol. The van der Waals surface area contributed by atoms with Gasteiger partial charge in [-0.05, 0) is 18.4 Å². The summed E-state index contributed by atoms with van der Waals surface area (Å²) >= 11 is 0. The van der Waals surface area contributed by atoms with E-state index >= 15 is 0 Å². The van der Waals surface area contributed by atoms with Crippen molar-refractivity contribution in [2.24, 2.45) is 5.92 Å². The van der Waals surface area contributed by atoms with Gasteiger partial charge in [0.25, 0.3) is 5.69 Å². The Kier molecular flexibility index (Phi) is 5.53. The fraction of sp³-hybridized carbons (Fsp3) is 0.292. The number of benzene rings is 1. The monoisotopic (exact) mass is 440 g/mol. The van der Waals surface area contributed by atoms with E-state index in [0.717, 1.165) is 18.5 Å². The van der Waals surface area contributed by atoms with Gasteiger partial charge < -0.3 is 15.8 Å². The minimum absolute atomic E-state index is 0.00527. The van der Waals surface area contributed by atoms with Gasteiger partial charge in [0.1, 0.15) is 6.07 Å². The van der Waals surface area contributed by atoms with Crippen molar-refractivity contribution >= 4 is 11.6 Å². The highest BCUT2D eigenvalue weighted by molar-refractivity contribution is 5.74. The van der Waals surface area contributed by atoms with Gasteiger partial charge in [0.2, 0.25) is 11.8 Å². The fourth-order valence-electron chi connectivity index (χ4n) is 4.61. The Morgan fingerprint density at radius 1 is 1.27 bits per heavy atom. The molecule has 9 nitrogen and oxygen atoms in total. The lowest BCUT2D eigenvalue weighted by molar-refractivity contribution is -0.747. The van der Waals surface area contributed by atoms with Gasteiger partial charge in [0, 0.05) is 37.1 Å². The molecule has 164 valence electrons. The van der Waals surface area contributed by atoms with Crippen molar-refractivity contribution in [2.45, 2.75) is 37.5 Å². The van der Waals surface area contributed by atoms with Gasteiger partial charge in [-0.15, -0.1) is 0 Å². The number of nitro benzene ring substituents is 1. The number of pyridine rings is 1. The molecule has 2 heterocycles. The van der Waals surface area contributed by atoms with E-state index in [2.05, 4.69) is 11.4 Å². The maximum atomic E-state index is 12.0. The van der Waals surface area contributed by atoms with Crippen molar-refractivity contribution in [3.63, 3.8) is 0 Å². The molecule has 1 aromatic heterocycles. The summed E-state index contributed by atoms with van der Waals surface area (Å²) in [5, 5.41) is 55.4. The van der Waals surface area contributed by atoms with Gasteiger partial charge in [-0.25, -0.2) is 5.87 Å². The molecule has 0 saturated heterocycles. The highest BCUT2D eigenvalue weighted by Crippen LogP contribution is 2.52. The smallest absolute Gasteiger partial charge is 0.269 e. The third-order valence-corrected chi connectivity index (χ3v) is 6.33. The number of rotatable bonds is 5. The molecule has 0 amide bonds. The number of aryl methyl sites for hydroxylation is 1. The lowest BCUT2D eigenvalue weighted by Gasteiger charge is -2.43. The second kappa shape index (κ2) is 8.33.